The predicted octanol–water partition coefficient (Wildman–Crippen LogP) is 5.87. The molecule has 0 bridgehead atoms. The van der Waals surface area contributed by atoms with Crippen LogP contribution in [0.15, 0.2) is 59.5 Å². The van der Waals surface area contributed by atoms with E-state index < -0.39 is 7.60 Å². The number of anilines is 1. The summed E-state index contributed by atoms with van der Waals surface area (Å²) < 4.78 is 24.1. The van der Waals surface area contributed by atoms with Crippen LogP contribution in [0, 0.1) is 0 Å². The molecule has 2 aromatic rings. The van der Waals surface area contributed by atoms with E-state index in [1.165, 1.54) is 5.56 Å². The molecule has 0 aliphatic rings. The average Bonchev–Trinajstić information content (AvgIpc) is 2.72. The van der Waals surface area contributed by atoms with E-state index >= 15 is 0 Å². The number of hydrogen-bond acceptors (Lipinski definition) is 5. The highest BCUT2D eigenvalue weighted by atomic mass is 32.2. The van der Waals surface area contributed by atoms with Crippen LogP contribution in [-0.2, 0) is 20.0 Å². The van der Waals surface area contributed by atoms with Crippen molar-refractivity contribution in [1.29, 1.82) is 0 Å². The number of nitrogens with one attached hydrogen (secondary N) is 1. The second kappa shape index (κ2) is 12.4. The van der Waals surface area contributed by atoms with Gasteiger partial charge in [-0.05, 0) is 62.5 Å². The SMILES string of the molecule is CCOP(=O)(CN(CCc1ccccc1)C(=S)Nc1cccc(SC)c1)OCC. The van der Waals surface area contributed by atoms with Gasteiger partial charge in [0.2, 0.25) is 0 Å². The molecule has 0 unspecified atom stereocenters. The minimum Gasteiger partial charge on any atom is -0.337 e. The monoisotopic (exact) mass is 452 g/mol. The molecule has 0 radical (unpaired) electrons. The van der Waals surface area contributed by atoms with Gasteiger partial charge in [-0.3, -0.25) is 4.57 Å². The highest BCUT2D eigenvalue weighted by molar-refractivity contribution is 7.98. The minimum absolute atomic E-state index is 0.107. The number of thiocarbonyl (C=S) groups is 1. The van der Waals surface area contributed by atoms with E-state index in [9.17, 15) is 4.57 Å². The molecule has 158 valence electrons. The van der Waals surface area contributed by atoms with Crippen LogP contribution >= 0.6 is 31.6 Å². The summed E-state index contributed by atoms with van der Waals surface area (Å²) in [5, 5.41) is 3.77. The molecule has 0 amide bonds. The first-order valence-electron chi connectivity index (χ1n) is 9.61. The maximum absolute atomic E-state index is 13.1. The Balaban J connectivity index is 2.17. The van der Waals surface area contributed by atoms with Gasteiger partial charge in [0.15, 0.2) is 5.11 Å². The predicted molar refractivity (Wildman–Crippen MR) is 127 cm³/mol. The molecule has 0 atom stereocenters. The fourth-order valence-corrected chi connectivity index (χ4v) is 5.32. The van der Waals surface area contributed by atoms with E-state index in [1.54, 1.807) is 11.8 Å². The summed E-state index contributed by atoms with van der Waals surface area (Å²) in [5.74, 6) is 0. The highest BCUT2D eigenvalue weighted by Gasteiger charge is 2.28. The van der Waals surface area contributed by atoms with E-state index in [4.69, 9.17) is 21.3 Å². The molecule has 0 aromatic heterocycles. The highest BCUT2D eigenvalue weighted by Crippen LogP contribution is 2.48. The summed E-state index contributed by atoms with van der Waals surface area (Å²) >= 11 is 7.33. The van der Waals surface area contributed by atoms with Crippen molar-refractivity contribution < 1.29 is 13.6 Å². The summed E-state index contributed by atoms with van der Waals surface area (Å²) in [6.07, 6.45) is 2.91. The van der Waals surface area contributed by atoms with Crippen molar-refractivity contribution in [3.63, 3.8) is 0 Å². The normalized spacial score (nSPS) is 11.3. The Labute approximate surface area is 183 Å². The maximum atomic E-state index is 13.1. The van der Waals surface area contributed by atoms with Gasteiger partial charge in [0.05, 0.1) is 13.2 Å². The lowest BCUT2D eigenvalue weighted by Gasteiger charge is -2.29. The van der Waals surface area contributed by atoms with Crippen LogP contribution in [0.2, 0.25) is 0 Å². The van der Waals surface area contributed by atoms with Gasteiger partial charge >= 0.3 is 7.60 Å². The van der Waals surface area contributed by atoms with Crippen LogP contribution in [0.4, 0.5) is 5.69 Å². The Morgan fingerprint density at radius 1 is 1.10 bits per heavy atom. The molecule has 0 aliphatic heterocycles. The van der Waals surface area contributed by atoms with Crippen LogP contribution in [0.3, 0.4) is 0 Å². The van der Waals surface area contributed by atoms with Gasteiger partial charge in [-0.15, -0.1) is 11.8 Å². The van der Waals surface area contributed by atoms with Crippen molar-refractivity contribution in [2.45, 2.75) is 25.2 Å². The fourth-order valence-electron chi connectivity index (χ4n) is 2.77. The van der Waals surface area contributed by atoms with Crippen molar-refractivity contribution in [2.75, 3.05) is 37.6 Å². The lowest BCUT2D eigenvalue weighted by Crippen LogP contribution is -2.37. The van der Waals surface area contributed by atoms with Crippen molar-refractivity contribution in [2.24, 2.45) is 0 Å². The van der Waals surface area contributed by atoms with Crippen LogP contribution in [0.1, 0.15) is 19.4 Å². The number of benzene rings is 2. The Kier molecular flexibility index (Phi) is 10.2. The average molecular weight is 453 g/mol. The largest absolute Gasteiger partial charge is 0.349 e. The Hall–Kier alpha value is -1.37. The lowest BCUT2D eigenvalue weighted by molar-refractivity contribution is 0.210. The molecule has 1 N–H and O–H groups in total. The van der Waals surface area contributed by atoms with Gasteiger partial charge in [0.25, 0.3) is 0 Å². The summed E-state index contributed by atoms with van der Waals surface area (Å²) in [5.41, 5.74) is 2.08. The molecule has 0 spiro atoms. The Morgan fingerprint density at radius 2 is 1.79 bits per heavy atom. The van der Waals surface area contributed by atoms with E-state index in [-0.39, 0.29) is 6.29 Å². The Bertz CT molecular complexity index is 811. The van der Waals surface area contributed by atoms with Crippen LogP contribution < -0.4 is 5.32 Å². The number of thioether (sulfide) groups is 1. The lowest BCUT2D eigenvalue weighted by atomic mass is 10.1. The molecule has 8 heteroatoms. The molecular weight excluding hydrogens is 423 g/mol. The van der Waals surface area contributed by atoms with Gasteiger partial charge in [-0.25, -0.2) is 0 Å². The minimum atomic E-state index is -3.28. The molecule has 0 fully saturated rings. The summed E-state index contributed by atoms with van der Waals surface area (Å²) in [6.45, 7) is 4.86. The molecule has 29 heavy (non-hydrogen) atoms. The zero-order valence-corrected chi connectivity index (χ0v) is 19.7. The second-order valence-electron chi connectivity index (χ2n) is 6.25. The molecule has 2 rings (SSSR count). The van der Waals surface area contributed by atoms with E-state index in [1.807, 2.05) is 67.5 Å². The zero-order chi connectivity index (χ0) is 21.1. The van der Waals surface area contributed by atoms with Crippen LogP contribution in [-0.4, -0.2) is 42.3 Å². The van der Waals surface area contributed by atoms with Crippen LogP contribution in [0.5, 0.6) is 0 Å². The second-order valence-corrected chi connectivity index (χ2v) is 9.54. The smallest absolute Gasteiger partial charge is 0.337 e. The number of nitrogens with zero attached hydrogens (tertiary/aromatic N) is 1. The molecule has 0 saturated heterocycles. The number of hydrogen-bond donors (Lipinski definition) is 1. The van der Waals surface area contributed by atoms with E-state index in [0.717, 1.165) is 17.0 Å². The third-order valence-corrected chi connectivity index (χ3v) is 7.19. The maximum Gasteiger partial charge on any atom is 0.349 e. The van der Waals surface area contributed by atoms with Crippen molar-refractivity contribution in [3.8, 4) is 0 Å². The number of rotatable bonds is 11. The van der Waals surface area contributed by atoms with Gasteiger partial charge < -0.3 is 19.3 Å². The summed E-state index contributed by atoms with van der Waals surface area (Å²) in [6, 6.07) is 18.2. The summed E-state index contributed by atoms with van der Waals surface area (Å²) in [4.78, 5) is 3.02. The first-order valence-corrected chi connectivity index (χ1v) is 13.0. The third-order valence-electron chi connectivity index (χ3n) is 4.12. The van der Waals surface area contributed by atoms with Gasteiger partial charge in [0.1, 0.15) is 6.29 Å². The van der Waals surface area contributed by atoms with E-state index in [2.05, 4.69) is 17.4 Å². The van der Waals surface area contributed by atoms with Crippen molar-refractivity contribution in [1.82, 2.24) is 4.90 Å². The summed E-state index contributed by atoms with van der Waals surface area (Å²) in [7, 11) is -3.28. The first kappa shape index (κ1) is 23.9. The van der Waals surface area contributed by atoms with Gasteiger partial charge in [0, 0.05) is 17.1 Å². The van der Waals surface area contributed by atoms with E-state index in [0.29, 0.717) is 24.9 Å². The van der Waals surface area contributed by atoms with Crippen LogP contribution in [0.25, 0.3) is 0 Å². The van der Waals surface area contributed by atoms with Crippen molar-refractivity contribution in [3.05, 3.63) is 60.2 Å². The molecule has 5 nitrogen and oxygen atoms in total. The molecular formula is C21H29N2O3PS2. The van der Waals surface area contributed by atoms with Crippen molar-refractivity contribution >= 4 is 42.4 Å². The van der Waals surface area contributed by atoms with Gasteiger partial charge in [-0.2, -0.15) is 0 Å². The van der Waals surface area contributed by atoms with Gasteiger partial charge in [-0.1, -0.05) is 36.4 Å². The first-order chi connectivity index (χ1) is 14.0. The third kappa shape index (κ3) is 8.11. The molecule has 2 aromatic carbocycles. The molecule has 0 aliphatic carbocycles. The topological polar surface area (TPSA) is 50.8 Å². The fraction of sp³-hybridized carbons (Fsp3) is 0.381. The zero-order valence-electron chi connectivity index (χ0n) is 17.2. The quantitative estimate of drug-likeness (QED) is 0.260. The molecule has 0 saturated carbocycles. The standard InChI is InChI=1S/C21H29N2O3PS2/c1-4-25-27(24,26-5-2)17-23(15-14-18-10-7-6-8-11-18)21(28)22-19-12-9-13-20(16-19)29-3/h6-13,16H,4-5,14-15,17H2,1-3H3,(H,22,28). The Morgan fingerprint density at radius 3 is 2.41 bits per heavy atom. The molecule has 0 heterocycles.